The molecule has 2 aromatic heterocycles. The highest BCUT2D eigenvalue weighted by atomic mass is 32.1. The van der Waals surface area contributed by atoms with E-state index < -0.39 is 0 Å². The van der Waals surface area contributed by atoms with Crippen LogP contribution in [0.4, 0.5) is 10.1 Å². The van der Waals surface area contributed by atoms with Crippen LogP contribution in [0.25, 0.3) is 17.1 Å². The fraction of sp³-hybridized carbons (Fsp3) is 0.174. The quantitative estimate of drug-likeness (QED) is 0.369. The number of rotatable bonds is 9. The summed E-state index contributed by atoms with van der Waals surface area (Å²) >= 11 is 1.38. The molecule has 2 aromatic carbocycles. The highest BCUT2D eigenvalue weighted by Gasteiger charge is 2.15. The maximum Gasteiger partial charge on any atom is 0.336 e. The summed E-state index contributed by atoms with van der Waals surface area (Å²) in [6, 6.07) is 17.0. The van der Waals surface area contributed by atoms with Crippen LogP contribution in [0.3, 0.4) is 0 Å². The zero-order valence-corrected chi connectivity index (χ0v) is 18.1. The number of hydrogen-bond acceptors (Lipinski definition) is 6. The van der Waals surface area contributed by atoms with Crippen molar-refractivity contribution in [3.63, 3.8) is 0 Å². The molecule has 9 heteroatoms. The average molecular weight is 453 g/mol. The summed E-state index contributed by atoms with van der Waals surface area (Å²) in [6.07, 6.45) is 0. The van der Waals surface area contributed by atoms with E-state index in [1.54, 1.807) is 35.0 Å². The molecule has 1 amide bonds. The van der Waals surface area contributed by atoms with Gasteiger partial charge in [-0.3, -0.25) is 4.79 Å². The Bertz CT molecular complexity index is 1160. The SMILES string of the molecule is CCOCCOc1nc(-c2ccc(F)cc2)n(-c2ccc(NC(=O)c3cccs3)cc2)n1. The second-order valence-electron chi connectivity index (χ2n) is 6.66. The topological polar surface area (TPSA) is 78.3 Å². The van der Waals surface area contributed by atoms with Gasteiger partial charge in [-0.05, 0) is 66.9 Å². The minimum absolute atomic E-state index is 0.162. The first-order chi connectivity index (χ1) is 15.6. The highest BCUT2D eigenvalue weighted by Crippen LogP contribution is 2.25. The van der Waals surface area contributed by atoms with E-state index in [2.05, 4.69) is 15.4 Å². The summed E-state index contributed by atoms with van der Waals surface area (Å²) in [5.41, 5.74) is 2.06. The molecule has 0 fully saturated rings. The number of carbonyl (C=O) groups is 1. The fourth-order valence-corrected chi connectivity index (χ4v) is 3.56. The first-order valence-corrected chi connectivity index (χ1v) is 10.9. The van der Waals surface area contributed by atoms with Gasteiger partial charge in [-0.15, -0.1) is 16.4 Å². The van der Waals surface area contributed by atoms with Crippen molar-refractivity contribution in [3.05, 3.63) is 76.7 Å². The molecule has 7 nitrogen and oxygen atoms in total. The summed E-state index contributed by atoms with van der Waals surface area (Å²) in [4.78, 5) is 17.4. The highest BCUT2D eigenvalue weighted by molar-refractivity contribution is 7.12. The Morgan fingerprint density at radius 1 is 1.09 bits per heavy atom. The summed E-state index contributed by atoms with van der Waals surface area (Å²) in [7, 11) is 0. The van der Waals surface area contributed by atoms with Crippen LogP contribution in [0.1, 0.15) is 16.6 Å². The third-order valence-electron chi connectivity index (χ3n) is 4.47. The van der Waals surface area contributed by atoms with Gasteiger partial charge >= 0.3 is 6.01 Å². The van der Waals surface area contributed by atoms with Gasteiger partial charge in [0, 0.05) is 17.9 Å². The van der Waals surface area contributed by atoms with E-state index in [1.807, 2.05) is 30.5 Å². The minimum atomic E-state index is -0.334. The number of anilines is 1. The van der Waals surface area contributed by atoms with Gasteiger partial charge in [0.25, 0.3) is 5.91 Å². The molecule has 0 aliphatic heterocycles. The zero-order chi connectivity index (χ0) is 22.3. The van der Waals surface area contributed by atoms with Crippen molar-refractivity contribution in [1.29, 1.82) is 0 Å². The smallest absolute Gasteiger partial charge is 0.336 e. The molecule has 0 bridgehead atoms. The zero-order valence-electron chi connectivity index (χ0n) is 17.3. The predicted molar refractivity (Wildman–Crippen MR) is 121 cm³/mol. The van der Waals surface area contributed by atoms with Crippen LogP contribution in [0, 0.1) is 5.82 Å². The van der Waals surface area contributed by atoms with E-state index >= 15 is 0 Å². The Hall–Kier alpha value is -3.56. The predicted octanol–water partition coefficient (Wildman–Crippen LogP) is 4.80. The van der Waals surface area contributed by atoms with Crippen molar-refractivity contribution < 1.29 is 18.7 Å². The average Bonchev–Trinajstić information content (AvgIpc) is 3.49. The molecule has 0 spiro atoms. The van der Waals surface area contributed by atoms with Gasteiger partial charge < -0.3 is 14.8 Å². The third-order valence-corrected chi connectivity index (χ3v) is 5.34. The summed E-state index contributed by atoms with van der Waals surface area (Å²) in [6.45, 7) is 3.25. The number of halogens is 1. The molecule has 0 atom stereocenters. The maximum absolute atomic E-state index is 13.4. The van der Waals surface area contributed by atoms with E-state index in [1.165, 1.54) is 23.5 Å². The maximum atomic E-state index is 13.4. The number of hydrogen-bond donors (Lipinski definition) is 1. The largest absolute Gasteiger partial charge is 0.460 e. The summed E-state index contributed by atoms with van der Waals surface area (Å²) in [5, 5.41) is 9.18. The van der Waals surface area contributed by atoms with Gasteiger partial charge in [0.05, 0.1) is 17.2 Å². The molecule has 0 aliphatic carbocycles. The lowest BCUT2D eigenvalue weighted by atomic mass is 10.2. The van der Waals surface area contributed by atoms with Crippen molar-refractivity contribution in [2.75, 3.05) is 25.1 Å². The Morgan fingerprint density at radius 3 is 2.56 bits per heavy atom. The third kappa shape index (κ3) is 5.19. The molecule has 0 radical (unpaired) electrons. The van der Waals surface area contributed by atoms with Gasteiger partial charge in [-0.25, -0.2) is 9.07 Å². The molecule has 0 saturated carbocycles. The van der Waals surface area contributed by atoms with Crippen LogP contribution in [-0.4, -0.2) is 40.5 Å². The van der Waals surface area contributed by atoms with Gasteiger partial charge in [-0.1, -0.05) is 6.07 Å². The first-order valence-electron chi connectivity index (χ1n) is 10.0. The Morgan fingerprint density at radius 2 is 1.88 bits per heavy atom. The number of nitrogens with one attached hydrogen (secondary N) is 1. The minimum Gasteiger partial charge on any atom is -0.460 e. The molecular formula is C23H21FN4O3S. The molecule has 2 heterocycles. The number of amides is 1. The lowest BCUT2D eigenvalue weighted by Crippen LogP contribution is -2.10. The van der Waals surface area contributed by atoms with Gasteiger partial charge in [0.2, 0.25) is 0 Å². The van der Waals surface area contributed by atoms with E-state index in [4.69, 9.17) is 9.47 Å². The monoisotopic (exact) mass is 452 g/mol. The number of benzene rings is 2. The van der Waals surface area contributed by atoms with Crippen molar-refractivity contribution in [1.82, 2.24) is 14.8 Å². The van der Waals surface area contributed by atoms with Gasteiger partial charge in [0.1, 0.15) is 12.4 Å². The number of ether oxygens (including phenoxy) is 2. The van der Waals surface area contributed by atoms with Gasteiger partial charge in [-0.2, -0.15) is 4.98 Å². The number of aromatic nitrogens is 3. The molecule has 1 N–H and O–H groups in total. The van der Waals surface area contributed by atoms with Crippen molar-refractivity contribution in [2.45, 2.75) is 6.92 Å². The van der Waals surface area contributed by atoms with Crippen LogP contribution < -0.4 is 10.1 Å². The Balaban J connectivity index is 1.58. The molecule has 0 unspecified atom stereocenters. The van der Waals surface area contributed by atoms with Crippen LogP contribution in [0.2, 0.25) is 0 Å². The lowest BCUT2D eigenvalue weighted by Gasteiger charge is -2.08. The molecular weight excluding hydrogens is 431 g/mol. The lowest BCUT2D eigenvalue weighted by molar-refractivity contribution is 0.103. The molecule has 4 aromatic rings. The van der Waals surface area contributed by atoms with E-state index in [9.17, 15) is 9.18 Å². The second kappa shape index (κ2) is 10.2. The van der Waals surface area contributed by atoms with Gasteiger partial charge in [0.15, 0.2) is 5.82 Å². The van der Waals surface area contributed by atoms with Crippen LogP contribution in [0.5, 0.6) is 6.01 Å². The van der Waals surface area contributed by atoms with Crippen molar-refractivity contribution in [3.8, 4) is 23.1 Å². The standard InChI is InChI=1S/C23H21FN4O3S/c1-2-30-13-14-31-23-26-21(16-5-7-17(24)8-6-16)28(27-23)19-11-9-18(10-12-19)25-22(29)20-4-3-15-32-20/h3-12,15H,2,13-14H2,1H3,(H,25,29). The number of thiophene rings is 1. The Kier molecular flexibility index (Phi) is 6.88. The summed E-state index contributed by atoms with van der Waals surface area (Å²) < 4.78 is 25.9. The van der Waals surface area contributed by atoms with Crippen LogP contribution in [0.15, 0.2) is 66.0 Å². The Labute approximate surface area is 188 Å². The first kappa shape index (κ1) is 21.7. The molecule has 0 saturated heterocycles. The number of nitrogens with zero attached hydrogens (tertiary/aromatic N) is 3. The molecule has 164 valence electrons. The second-order valence-corrected chi connectivity index (χ2v) is 7.61. The molecule has 0 aliphatic rings. The van der Waals surface area contributed by atoms with E-state index in [0.717, 1.165) is 0 Å². The normalized spacial score (nSPS) is 10.8. The summed E-state index contributed by atoms with van der Waals surface area (Å²) in [5.74, 6) is 0.0103. The fourth-order valence-electron chi connectivity index (χ4n) is 2.94. The molecule has 4 rings (SSSR count). The van der Waals surface area contributed by atoms with Crippen molar-refractivity contribution >= 4 is 22.9 Å². The van der Waals surface area contributed by atoms with Crippen LogP contribution >= 0.6 is 11.3 Å². The molecule has 32 heavy (non-hydrogen) atoms. The van der Waals surface area contributed by atoms with E-state index in [0.29, 0.717) is 47.5 Å². The number of carbonyl (C=O) groups excluding carboxylic acids is 1. The van der Waals surface area contributed by atoms with Crippen LogP contribution in [-0.2, 0) is 4.74 Å². The van der Waals surface area contributed by atoms with E-state index in [-0.39, 0.29) is 17.7 Å². The van der Waals surface area contributed by atoms with Crippen molar-refractivity contribution in [2.24, 2.45) is 0 Å².